The molecule has 0 heterocycles. The molecule has 0 aromatic rings. The molecule has 0 bridgehead atoms. The lowest BCUT2D eigenvalue weighted by molar-refractivity contribution is -0.141. The molecule has 2 N–H and O–H groups in total. The van der Waals surface area contributed by atoms with Gasteiger partial charge < -0.3 is 20.1 Å². The van der Waals surface area contributed by atoms with Gasteiger partial charge in [-0.2, -0.15) is 0 Å². The van der Waals surface area contributed by atoms with Crippen LogP contribution >= 0.6 is 0 Å². The lowest BCUT2D eigenvalue weighted by Gasteiger charge is -2.20. The number of nitrogens with zero attached hydrogens (tertiary/aromatic N) is 1. The summed E-state index contributed by atoms with van der Waals surface area (Å²) in [6.45, 7) is 6.74. The molecule has 1 atom stereocenters. The fraction of sp³-hybridized carbons (Fsp3) is 0.833. The van der Waals surface area contributed by atoms with Crippen LogP contribution < -0.4 is 5.32 Å². The highest BCUT2D eigenvalue weighted by atomic mass is 16.5. The molecule has 0 aliphatic carbocycles. The number of nitrogens with one attached hydrogen (secondary N) is 1. The normalized spacial score (nSPS) is 12.3. The van der Waals surface area contributed by atoms with Gasteiger partial charge in [0.1, 0.15) is 0 Å². The number of carboxylic acids is 1. The summed E-state index contributed by atoms with van der Waals surface area (Å²) in [5.74, 6) is -1.42. The zero-order valence-corrected chi connectivity index (χ0v) is 11.6. The van der Waals surface area contributed by atoms with Crippen LogP contribution in [0.15, 0.2) is 0 Å². The van der Waals surface area contributed by atoms with Crippen molar-refractivity contribution in [3.8, 4) is 0 Å². The molecule has 0 aromatic carbocycles. The van der Waals surface area contributed by atoms with E-state index in [4.69, 9.17) is 9.84 Å². The Kier molecular flexibility index (Phi) is 8.11. The van der Waals surface area contributed by atoms with Crippen molar-refractivity contribution < 1.29 is 19.4 Å². The van der Waals surface area contributed by atoms with Crippen molar-refractivity contribution in [2.75, 3.05) is 26.7 Å². The minimum atomic E-state index is -0.886. The highest BCUT2D eigenvalue weighted by Gasteiger charge is 2.17. The van der Waals surface area contributed by atoms with Crippen LogP contribution in [0.4, 0.5) is 4.79 Å². The molecule has 0 aliphatic heterocycles. The van der Waals surface area contributed by atoms with Gasteiger partial charge in [0.15, 0.2) is 0 Å². The Morgan fingerprint density at radius 3 is 2.44 bits per heavy atom. The van der Waals surface area contributed by atoms with Gasteiger partial charge in [-0.05, 0) is 20.3 Å². The van der Waals surface area contributed by atoms with Crippen LogP contribution in [-0.2, 0) is 9.53 Å². The predicted octanol–water partition coefficient (Wildman–Crippen LogP) is 1.16. The van der Waals surface area contributed by atoms with Crippen LogP contribution in [0.25, 0.3) is 0 Å². The Bertz CT molecular complexity index is 269. The van der Waals surface area contributed by atoms with Crippen molar-refractivity contribution in [1.29, 1.82) is 0 Å². The van der Waals surface area contributed by atoms with E-state index < -0.39 is 11.9 Å². The Morgan fingerprint density at radius 2 is 2.00 bits per heavy atom. The van der Waals surface area contributed by atoms with Gasteiger partial charge in [0, 0.05) is 20.1 Å². The number of amides is 2. The van der Waals surface area contributed by atoms with Gasteiger partial charge in [-0.15, -0.1) is 0 Å². The third kappa shape index (κ3) is 7.11. The van der Waals surface area contributed by atoms with E-state index in [-0.39, 0.29) is 18.7 Å². The van der Waals surface area contributed by atoms with Gasteiger partial charge >= 0.3 is 12.0 Å². The summed E-state index contributed by atoms with van der Waals surface area (Å²) >= 11 is 0. The van der Waals surface area contributed by atoms with Gasteiger partial charge in [0.25, 0.3) is 0 Å². The largest absolute Gasteiger partial charge is 0.481 e. The monoisotopic (exact) mass is 260 g/mol. The highest BCUT2D eigenvalue weighted by molar-refractivity contribution is 5.75. The number of carboxylic acid groups (broad SMARTS) is 1. The number of ether oxygens (including phenoxy) is 1. The first-order valence-electron chi connectivity index (χ1n) is 6.21. The SMILES string of the molecule is CCC(CNC(=O)N(C)CCOC(C)C)C(=O)O. The van der Waals surface area contributed by atoms with E-state index in [2.05, 4.69) is 5.32 Å². The maximum absolute atomic E-state index is 11.6. The molecular formula is C12H24N2O4. The van der Waals surface area contributed by atoms with Crippen LogP contribution in [0.3, 0.4) is 0 Å². The highest BCUT2D eigenvalue weighted by Crippen LogP contribution is 2.00. The average molecular weight is 260 g/mol. The fourth-order valence-electron chi connectivity index (χ4n) is 1.28. The second-order valence-electron chi connectivity index (χ2n) is 4.47. The van der Waals surface area contributed by atoms with Crippen molar-refractivity contribution in [1.82, 2.24) is 10.2 Å². The number of carbonyl (C=O) groups is 2. The predicted molar refractivity (Wildman–Crippen MR) is 68.5 cm³/mol. The number of hydrogen-bond donors (Lipinski definition) is 2. The van der Waals surface area contributed by atoms with Crippen molar-refractivity contribution >= 4 is 12.0 Å². The molecule has 6 nitrogen and oxygen atoms in total. The summed E-state index contributed by atoms with van der Waals surface area (Å²) in [6.07, 6.45) is 0.633. The second kappa shape index (κ2) is 8.74. The molecule has 0 saturated heterocycles. The van der Waals surface area contributed by atoms with Crippen LogP contribution in [0.1, 0.15) is 27.2 Å². The van der Waals surface area contributed by atoms with Crippen molar-refractivity contribution in [3.05, 3.63) is 0 Å². The number of rotatable bonds is 8. The number of likely N-dealkylation sites (N-methyl/N-ethyl adjacent to an activating group) is 1. The summed E-state index contributed by atoms with van der Waals surface area (Å²) in [6, 6.07) is -0.276. The molecule has 1 unspecified atom stereocenters. The first-order valence-corrected chi connectivity index (χ1v) is 6.21. The van der Waals surface area contributed by atoms with Crippen LogP contribution in [-0.4, -0.2) is 54.9 Å². The smallest absolute Gasteiger partial charge is 0.317 e. The van der Waals surface area contributed by atoms with Crippen LogP contribution in [0, 0.1) is 5.92 Å². The van der Waals surface area contributed by atoms with Crippen LogP contribution in [0.2, 0.25) is 0 Å². The maximum atomic E-state index is 11.6. The Morgan fingerprint density at radius 1 is 1.39 bits per heavy atom. The molecule has 0 spiro atoms. The Balaban J connectivity index is 3.90. The summed E-state index contributed by atoms with van der Waals surface area (Å²) in [5, 5.41) is 11.4. The number of hydrogen-bond acceptors (Lipinski definition) is 3. The van der Waals surface area contributed by atoms with E-state index in [0.717, 1.165) is 0 Å². The molecule has 0 fully saturated rings. The maximum Gasteiger partial charge on any atom is 0.317 e. The van der Waals surface area contributed by atoms with Crippen molar-refractivity contribution in [2.24, 2.45) is 5.92 Å². The first kappa shape index (κ1) is 16.7. The minimum absolute atomic E-state index is 0.137. The first-order chi connectivity index (χ1) is 8.38. The zero-order chi connectivity index (χ0) is 14.1. The summed E-state index contributed by atoms with van der Waals surface area (Å²) in [7, 11) is 1.65. The Hall–Kier alpha value is -1.30. The van der Waals surface area contributed by atoms with Gasteiger partial charge in [-0.1, -0.05) is 6.92 Å². The lowest BCUT2D eigenvalue weighted by Crippen LogP contribution is -2.42. The van der Waals surface area contributed by atoms with Gasteiger partial charge in [0.2, 0.25) is 0 Å². The van der Waals surface area contributed by atoms with E-state index in [9.17, 15) is 9.59 Å². The topological polar surface area (TPSA) is 78.9 Å². The third-order valence-electron chi connectivity index (χ3n) is 2.57. The minimum Gasteiger partial charge on any atom is -0.481 e. The van der Waals surface area contributed by atoms with Crippen molar-refractivity contribution in [2.45, 2.75) is 33.3 Å². The molecule has 0 saturated carbocycles. The molecule has 6 heteroatoms. The number of urea groups is 1. The third-order valence-corrected chi connectivity index (χ3v) is 2.57. The number of aliphatic carboxylic acids is 1. The lowest BCUT2D eigenvalue weighted by atomic mass is 10.1. The number of carbonyl (C=O) groups excluding carboxylic acids is 1. The molecule has 0 radical (unpaired) electrons. The molecule has 2 amide bonds. The quantitative estimate of drug-likeness (QED) is 0.686. The molecule has 106 valence electrons. The zero-order valence-electron chi connectivity index (χ0n) is 11.6. The van der Waals surface area contributed by atoms with Gasteiger partial charge in [0.05, 0.1) is 18.6 Å². The van der Waals surface area contributed by atoms with Gasteiger partial charge in [-0.3, -0.25) is 4.79 Å². The second-order valence-corrected chi connectivity index (χ2v) is 4.47. The van der Waals surface area contributed by atoms with Crippen molar-refractivity contribution in [3.63, 3.8) is 0 Å². The summed E-state index contributed by atoms with van der Waals surface area (Å²) in [4.78, 5) is 23.9. The standard InChI is InChI=1S/C12H24N2O4/c1-5-10(11(15)16)8-13-12(17)14(4)6-7-18-9(2)3/h9-10H,5-8H2,1-4H3,(H,13,17)(H,15,16). The van der Waals surface area contributed by atoms with Crippen LogP contribution in [0.5, 0.6) is 0 Å². The summed E-state index contributed by atoms with van der Waals surface area (Å²) < 4.78 is 5.33. The van der Waals surface area contributed by atoms with Gasteiger partial charge in [-0.25, -0.2) is 4.79 Å². The molecular weight excluding hydrogens is 236 g/mol. The molecule has 0 aliphatic rings. The van der Waals surface area contributed by atoms with E-state index in [1.165, 1.54) is 4.90 Å². The fourth-order valence-corrected chi connectivity index (χ4v) is 1.28. The van der Waals surface area contributed by atoms with E-state index >= 15 is 0 Å². The molecule has 0 aromatic heterocycles. The Labute approximate surface area is 108 Å². The molecule has 0 rings (SSSR count). The molecule has 18 heavy (non-hydrogen) atoms. The van der Waals surface area contributed by atoms with E-state index in [1.54, 1.807) is 14.0 Å². The summed E-state index contributed by atoms with van der Waals surface area (Å²) in [5.41, 5.74) is 0. The average Bonchev–Trinajstić information content (AvgIpc) is 2.28. The van der Waals surface area contributed by atoms with E-state index in [1.807, 2.05) is 13.8 Å². The van der Waals surface area contributed by atoms with E-state index in [0.29, 0.717) is 19.6 Å².